The molecule has 0 spiro atoms. The third-order valence-corrected chi connectivity index (χ3v) is 2.77. The van der Waals surface area contributed by atoms with Crippen LogP contribution in [0.1, 0.15) is 24.5 Å². The highest BCUT2D eigenvalue weighted by atomic mass is 16.5. The number of hydrogen-bond donors (Lipinski definition) is 1. The quantitative estimate of drug-likeness (QED) is 0.875. The molecule has 0 aliphatic carbocycles. The lowest BCUT2D eigenvalue weighted by molar-refractivity contribution is 0.475. The van der Waals surface area contributed by atoms with Gasteiger partial charge in [0.05, 0.1) is 0 Å². The van der Waals surface area contributed by atoms with E-state index in [0.29, 0.717) is 6.54 Å². The molecule has 3 nitrogen and oxygen atoms in total. The van der Waals surface area contributed by atoms with Gasteiger partial charge in [0, 0.05) is 24.5 Å². The normalized spacial score (nSPS) is 10.3. The van der Waals surface area contributed by atoms with Crippen LogP contribution >= 0.6 is 0 Å². The molecule has 0 atom stereocenters. The van der Waals surface area contributed by atoms with E-state index in [0.717, 1.165) is 29.9 Å². The minimum absolute atomic E-state index is 0.428. The van der Waals surface area contributed by atoms with Gasteiger partial charge in [0.25, 0.3) is 0 Å². The molecule has 0 aliphatic rings. The Morgan fingerprint density at radius 3 is 2.61 bits per heavy atom. The van der Waals surface area contributed by atoms with Crippen LogP contribution in [0.15, 0.2) is 42.7 Å². The van der Waals surface area contributed by atoms with Crippen LogP contribution in [0.4, 0.5) is 0 Å². The van der Waals surface area contributed by atoms with Crippen LogP contribution in [0.3, 0.4) is 0 Å². The number of benzene rings is 1. The van der Waals surface area contributed by atoms with Crippen LogP contribution in [0.25, 0.3) is 0 Å². The molecule has 0 aliphatic heterocycles. The van der Waals surface area contributed by atoms with Crippen molar-refractivity contribution in [2.45, 2.75) is 26.3 Å². The molecule has 0 amide bonds. The van der Waals surface area contributed by atoms with Gasteiger partial charge in [0.2, 0.25) is 0 Å². The van der Waals surface area contributed by atoms with Crippen LogP contribution < -0.4 is 10.5 Å². The Labute approximate surface area is 108 Å². The number of ether oxygens (including phenoxy) is 1. The number of aryl methyl sites for hydroxylation is 1. The summed E-state index contributed by atoms with van der Waals surface area (Å²) in [5.41, 5.74) is 7.89. The van der Waals surface area contributed by atoms with Gasteiger partial charge in [-0.2, -0.15) is 0 Å². The summed E-state index contributed by atoms with van der Waals surface area (Å²) in [5.74, 6) is 1.60. The number of pyridine rings is 1. The third kappa shape index (κ3) is 3.08. The van der Waals surface area contributed by atoms with E-state index in [4.69, 9.17) is 10.5 Å². The van der Waals surface area contributed by atoms with Crippen molar-refractivity contribution in [2.75, 3.05) is 0 Å². The summed E-state index contributed by atoms with van der Waals surface area (Å²) in [6.07, 6.45) is 5.70. The zero-order valence-electron chi connectivity index (χ0n) is 10.6. The van der Waals surface area contributed by atoms with Crippen molar-refractivity contribution in [3.8, 4) is 11.5 Å². The first-order valence-corrected chi connectivity index (χ1v) is 6.23. The van der Waals surface area contributed by atoms with Gasteiger partial charge in [-0.3, -0.25) is 4.98 Å². The zero-order valence-corrected chi connectivity index (χ0v) is 10.6. The minimum atomic E-state index is 0.428. The topological polar surface area (TPSA) is 48.1 Å². The van der Waals surface area contributed by atoms with Gasteiger partial charge >= 0.3 is 0 Å². The fourth-order valence-electron chi connectivity index (χ4n) is 1.81. The number of hydrogen-bond acceptors (Lipinski definition) is 3. The molecule has 0 unspecified atom stereocenters. The van der Waals surface area contributed by atoms with Gasteiger partial charge in [-0.25, -0.2) is 0 Å². The largest absolute Gasteiger partial charge is 0.457 e. The first-order chi connectivity index (χ1) is 8.83. The smallest absolute Gasteiger partial charge is 0.134 e. The highest BCUT2D eigenvalue weighted by molar-refractivity contribution is 5.36. The molecule has 0 saturated carbocycles. The molecule has 18 heavy (non-hydrogen) atoms. The number of nitrogens with zero attached hydrogens (tertiary/aromatic N) is 1. The van der Waals surface area contributed by atoms with Crippen LogP contribution in [-0.2, 0) is 13.0 Å². The Hall–Kier alpha value is -1.87. The molecule has 3 heteroatoms. The lowest BCUT2D eigenvalue weighted by Crippen LogP contribution is -2.00. The van der Waals surface area contributed by atoms with Crippen molar-refractivity contribution >= 4 is 0 Å². The first kappa shape index (κ1) is 12.6. The SMILES string of the molecule is CCCc1ccc(Oc2ccncc2CN)cc1. The average Bonchev–Trinajstić information content (AvgIpc) is 2.42. The molecule has 0 saturated heterocycles. The molecular weight excluding hydrogens is 224 g/mol. The van der Waals surface area contributed by atoms with Crippen LogP contribution in [-0.4, -0.2) is 4.98 Å². The standard InChI is InChI=1S/C15H18N2O/c1-2-3-12-4-6-14(7-5-12)18-15-8-9-17-11-13(15)10-16/h4-9,11H,2-3,10,16H2,1H3. The van der Waals surface area contributed by atoms with Crippen molar-refractivity contribution in [3.05, 3.63) is 53.9 Å². The molecule has 0 bridgehead atoms. The minimum Gasteiger partial charge on any atom is -0.457 e. The molecule has 2 rings (SSSR count). The summed E-state index contributed by atoms with van der Waals surface area (Å²) >= 11 is 0. The maximum absolute atomic E-state index is 5.81. The van der Waals surface area contributed by atoms with Crippen molar-refractivity contribution in [3.63, 3.8) is 0 Å². The molecule has 2 aromatic rings. The van der Waals surface area contributed by atoms with E-state index in [-0.39, 0.29) is 0 Å². The maximum atomic E-state index is 5.81. The second-order valence-electron chi connectivity index (χ2n) is 4.18. The molecule has 2 N–H and O–H groups in total. The second-order valence-corrected chi connectivity index (χ2v) is 4.18. The summed E-state index contributed by atoms with van der Waals surface area (Å²) in [5, 5.41) is 0. The number of rotatable bonds is 5. The Balaban J connectivity index is 2.13. The van der Waals surface area contributed by atoms with E-state index in [2.05, 4.69) is 24.0 Å². The highest BCUT2D eigenvalue weighted by Gasteiger charge is 2.03. The van der Waals surface area contributed by atoms with Crippen molar-refractivity contribution in [1.82, 2.24) is 4.98 Å². The van der Waals surface area contributed by atoms with E-state index in [9.17, 15) is 0 Å². The predicted molar refractivity (Wildman–Crippen MR) is 72.6 cm³/mol. The van der Waals surface area contributed by atoms with Gasteiger partial charge in [-0.15, -0.1) is 0 Å². The molecule has 0 fully saturated rings. The summed E-state index contributed by atoms with van der Waals surface area (Å²) in [6, 6.07) is 10.0. The Bertz CT molecular complexity index is 494. The van der Waals surface area contributed by atoms with Crippen molar-refractivity contribution in [2.24, 2.45) is 5.73 Å². The third-order valence-electron chi connectivity index (χ3n) is 2.77. The van der Waals surface area contributed by atoms with Gasteiger partial charge in [0.15, 0.2) is 0 Å². The molecule has 1 aromatic heterocycles. The van der Waals surface area contributed by atoms with E-state index in [1.54, 1.807) is 12.4 Å². The zero-order chi connectivity index (χ0) is 12.8. The first-order valence-electron chi connectivity index (χ1n) is 6.23. The molecule has 1 aromatic carbocycles. The Morgan fingerprint density at radius 1 is 1.17 bits per heavy atom. The predicted octanol–water partition coefficient (Wildman–Crippen LogP) is 3.29. The van der Waals surface area contributed by atoms with Crippen LogP contribution in [0.5, 0.6) is 11.5 Å². The second kappa shape index (κ2) is 6.17. The fourth-order valence-corrected chi connectivity index (χ4v) is 1.81. The van der Waals surface area contributed by atoms with Crippen molar-refractivity contribution < 1.29 is 4.74 Å². The Morgan fingerprint density at radius 2 is 1.94 bits per heavy atom. The number of nitrogens with two attached hydrogens (primary N) is 1. The molecule has 0 radical (unpaired) electrons. The summed E-state index contributed by atoms with van der Waals surface area (Å²) in [7, 11) is 0. The lowest BCUT2D eigenvalue weighted by atomic mass is 10.1. The summed E-state index contributed by atoms with van der Waals surface area (Å²) < 4.78 is 5.81. The summed E-state index contributed by atoms with van der Waals surface area (Å²) in [4.78, 5) is 4.04. The van der Waals surface area contributed by atoms with Crippen LogP contribution in [0, 0.1) is 0 Å². The van der Waals surface area contributed by atoms with Crippen molar-refractivity contribution in [1.29, 1.82) is 0 Å². The van der Waals surface area contributed by atoms with E-state index in [1.807, 2.05) is 18.2 Å². The van der Waals surface area contributed by atoms with Gasteiger partial charge in [-0.05, 0) is 30.2 Å². The molecular formula is C15H18N2O. The highest BCUT2D eigenvalue weighted by Crippen LogP contribution is 2.24. The van der Waals surface area contributed by atoms with Gasteiger partial charge in [-0.1, -0.05) is 25.5 Å². The molecule has 94 valence electrons. The molecule has 1 heterocycles. The lowest BCUT2D eigenvalue weighted by Gasteiger charge is -2.09. The number of aromatic nitrogens is 1. The maximum Gasteiger partial charge on any atom is 0.134 e. The van der Waals surface area contributed by atoms with E-state index in [1.165, 1.54) is 5.56 Å². The summed E-state index contributed by atoms with van der Waals surface area (Å²) in [6.45, 7) is 2.60. The van der Waals surface area contributed by atoms with Gasteiger partial charge < -0.3 is 10.5 Å². The van der Waals surface area contributed by atoms with Crippen LogP contribution in [0.2, 0.25) is 0 Å². The van der Waals surface area contributed by atoms with E-state index >= 15 is 0 Å². The van der Waals surface area contributed by atoms with Gasteiger partial charge in [0.1, 0.15) is 11.5 Å². The fraction of sp³-hybridized carbons (Fsp3) is 0.267. The average molecular weight is 242 g/mol. The van der Waals surface area contributed by atoms with E-state index < -0.39 is 0 Å². The Kier molecular flexibility index (Phi) is 4.31. The monoisotopic (exact) mass is 242 g/mol.